The van der Waals surface area contributed by atoms with E-state index in [1.165, 1.54) is 11.3 Å². The van der Waals surface area contributed by atoms with Crippen LogP contribution in [0.2, 0.25) is 0 Å². The molecule has 154 valence electrons. The lowest BCUT2D eigenvalue weighted by molar-refractivity contribution is 0.0979. The van der Waals surface area contributed by atoms with Gasteiger partial charge in [0, 0.05) is 31.2 Å². The lowest BCUT2D eigenvalue weighted by Gasteiger charge is -2.19. The third kappa shape index (κ3) is 3.59. The Labute approximate surface area is 177 Å². The summed E-state index contributed by atoms with van der Waals surface area (Å²) < 4.78 is 13.4. The molecule has 3 aromatic heterocycles. The topological polar surface area (TPSA) is 82.4 Å². The molecule has 0 atom stereocenters. The maximum Gasteiger partial charge on any atom is 0.281 e. The van der Waals surface area contributed by atoms with Crippen molar-refractivity contribution in [2.75, 3.05) is 19.1 Å². The fourth-order valence-corrected chi connectivity index (χ4v) is 4.31. The summed E-state index contributed by atoms with van der Waals surface area (Å²) in [6.45, 7) is 2.18. The average molecular weight is 423 g/mol. The van der Waals surface area contributed by atoms with Crippen molar-refractivity contribution in [1.29, 1.82) is 0 Å². The van der Waals surface area contributed by atoms with Crippen LogP contribution in [0, 0.1) is 6.92 Å². The van der Waals surface area contributed by atoms with Crippen LogP contribution >= 0.6 is 11.3 Å². The fraction of sp³-hybridized carbons (Fsp3) is 0.238. The molecule has 8 nitrogen and oxygen atoms in total. The Hall–Kier alpha value is -3.46. The number of ether oxygens (including phenoxy) is 2. The van der Waals surface area contributed by atoms with Gasteiger partial charge < -0.3 is 9.47 Å². The van der Waals surface area contributed by atoms with Crippen molar-refractivity contribution in [3.8, 4) is 11.5 Å². The number of rotatable bonds is 6. The van der Waals surface area contributed by atoms with E-state index in [1.54, 1.807) is 49.3 Å². The minimum Gasteiger partial charge on any atom is -0.495 e. The summed E-state index contributed by atoms with van der Waals surface area (Å²) in [5.41, 5.74) is 2.73. The Kier molecular flexibility index (Phi) is 5.37. The van der Waals surface area contributed by atoms with Crippen LogP contribution in [0.5, 0.6) is 11.5 Å². The van der Waals surface area contributed by atoms with E-state index in [1.807, 2.05) is 31.3 Å². The van der Waals surface area contributed by atoms with Crippen molar-refractivity contribution >= 4 is 32.6 Å². The minimum absolute atomic E-state index is 0.228. The van der Waals surface area contributed by atoms with Crippen LogP contribution in [0.3, 0.4) is 0 Å². The molecule has 1 amide bonds. The molecule has 4 aromatic rings. The first-order valence-corrected chi connectivity index (χ1v) is 10.1. The number of nitrogens with zero attached hydrogens (tertiary/aromatic N) is 5. The predicted octanol–water partition coefficient (Wildman–Crippen LogP) is 3.60. The SMILES string of the molecule is COc1ccc(OC)c2sc(N(Cc3cccnc3)C(=O)c3nn(C)cc3C)nc12. The van der Waals surface area contributed by atoms with Crippen LogP contribution in [0.1, 0.15) is 21.6 Å². The summed E-state index contributed by atoms with van der Waals surface area (Å²) in [6, 6.07) is 7.40. The van der Waals surface area contributed by atoms with E-state index < -0.39 is 0 Å². The summed E-state index contributed by atoms with van der Waals surface area (Å²) in [7, 11) is 5.00. The summed E-state index contributed by atoms with van der Waals surface area (Å²) in [4.78, 5) is 24.0. The molecule has 0 fully saturated rings. The zero-order valence-electron chi connectivity index (χ0n) is 17.1. The van der Waals surface area contributed by atoms with E-state index in [9.17, 15) is 4.79 Å². The van der Waals surface area contributed by atoms with Crippen molar-refractivity contribution in [2.45, 2.75) is 13.5 Å². The molecule has 4 rings (SSSR count). The van der Waals surface area contributed by atoms with Crippen LogP contribution in [0.4, 0.5) is 5.13 Å². The maximum atomic E-state index is 13.5. The van der Waals surface area contributed by atoms with Crippen molar-refractivity contribution in [1.82, 2.24) is 19.7 Å². The van der Waals surface area contributed by atoms with Gasteiger partial charge in [-0.3, -0.25) is 19.4 Å². The van der Waals surface area contributed by atoms with Gasteiger partial charge in [0.05, 0.1) is 20.8 Å². The van der Waals surface area contributed by atoms with Gasteiger partial charge in [-0.05, 0) is 30.7 Å². The first-order valence-electron chi connectivity index (χ1n) is 9.24. The van der Waals surface area contributed by atoms with E-state index in [4.69, 9.17) is 14.5 Å². The molecule has 0 spiro atoms. The highest BCUT2D eigenvalue weighted by Crippen LogP contribution is 2.40. The minimum atomic E-state index is -0.228. The molecule has 0 aliphatic rings. The number of hydrogen-bond acceptors (Lipinski definition) is 7. The number of carbonyl (C=O) groups excluding carboxylic acids is 1. The third-order valence-electron chi connectivity index (χ3n) is 4.65. The molecule has 0 aliphatic heterocycles. The van der Waals surface area contributed by atoms with E-state index in [2.05, 4.69) is 10.1 Å². The zero-order valence-corrected chi connectivity index (χ0v) is 17.9. The van der Waals surface area contributed by atoms with Gasteiger partial charge in [0.1, 0.15) is 21.7 Å². The molecule has 0 bridgehead atoms. The van der Waals surface area contributed by atoms with E-state index >= 15 is 0 Å². The van der Waals surface area contributed by atoms with Crippen LogP contribution in [-0.2, 0) is 13.6 Å². The predicted molar refractivity (Wildman–Crippen MR) is 115 cm³/mol. The lowest BCUT2D eigenvalue weighted by Crippen LogP contribution is -2.31. The number of methoxy groups -OCH3 is 2. The standard InChI is InChI=1S/C21H21N5O3S/c1-13-11-25(2)24-17(13)20(27)26(12-14-6-5-9-22-10-14)21-23-18-15(28-3)7-8-16(29-4)19(18)30-21/h5-11H,12H2,1-4H3. The average Bonchev–Trinajstić information content (AvgIpc) is 3.34. The van der Waals surface area contributed by atoms with Gasteiger partial charge in [-0.2, -0.15) is 5.10 Å². The smallest absolute Gasteiger partial charge is 0.281 e. The third-order valence-corrected chi connectivity index (χ3v) is 5.75. The number of amides is 1. The molecule has 3 heterocycles. The monoisotopic (exact) mass is 423 g/mol. The zero-order chi connectivity index (χ0) is 21.3. The quantitative estimate of drug-likeness (QED) is 0.471. The van der Waals surface area contributed by atoms with Crippen LogP contribution in [0.25, 0.3) is 10.2 Å². The summed E-state index contributed by atoms with van der Waals surface area (Å²) in [5.74, 6) is 1.07. The Bertz CT molecular complexity index is 1160. The van der Waals surface area contributed by atoms with E-state index in [0.717, 1.165) is 15.8 Å². The first kappa shape index (κ1) is 19.8. The Morgan fingerprint density at radius 3 is 2.60 bits per heavy atom. The van der Waals surface area contributed by atoms with Gasteiger partial charge in [-0.25, -0.2) is 4.98 Å². The molecule has 0 unspecified atom stereocenters. The molecule has 0 N–H and O–H groups in total. The second kappa shape index (κ2) is 8.11. The summed E-state index contributed by atoms with van der Waals surface area (Å²) >= 11 is 1.38. The van der Waals surface area contributed by atoms with Crippen LogP contribution in [-0.4, -0.2) is 39.9 Å². The maximum absolute atomic E-state index is 13.5. The Morgan fingerprint density at radius 1 is 1.20 bits per heavy atom. The lowest BCUT2D eigenvalue weighted by atomic mass is 10.2. The number of anilines is 1. The van der Waals surface area contributed by atoms with Gasteiger partial charge in [-0.1, -0.05) is 17.4 Å². The second-order valence-electron chi connectivity index (χ2n) is 6.73. The van der Waals surface area contributed by atoms with Crippen molar-refractivity contribution in [2.24, 2.45) is 7.05 Å². The van der Waals surface area contributed by atoms with Gasteiger partial charge in [0.2, 0.25) is 0 Å². The number of aryl methyl sites for hydroxylation is 2. The van der Waals surface area contributed by atoms with E-state index in [0.29, 0.717) is 34.4 Å². The molecule has 0 saturated carbocycles. The largest absolute Gasteiger partial charge is 0.495 e. The highest BCUT2D eigenvalue weighted by molar-refractivity contribution is 7.22. The molecule has 0 radical (unpaired) electrons. The van der Waals surface area contributed by atoms with E-state index in [-0.39, 0.29) is 5.91 Å². The van der Waals surface area contributed by atoms with Crippen molar-refractivity contribution in [3.05, 3.63) is 59.7 Å². The Balaban J connectivity index is 1.85. The van der Waals surface area contributed by atoms with Crippen LogP contribution in [0.15, 0.2) is 42.9 Å². The number of pyridine rings is 1. The number of aromatic nitrogens is 4. The molecule has 1 aromatic carbocycles. The van der Waals surface area contributed by atoms with Crippen molar-refractivity contribution < 1.29 is 14.3 Å². The highest BCUT2D eigenvalue weighted by Gasteiger charge is 2.26. The summed E-state index contributed by atoms with van der Waals surface area (Å²) in [5, 5.41) is 4.89. The number of benzene rings is 1. The van der Waals surface area contributed by atoms with Crippen LogP contribution < -0.4 is 14.4 Å². The highest BCUT2D eigenvalue weighted by atomic mass is 32.1. The van der Waals surface area contributed by atoms with Gasteiger partial charge >= 0.3 is 0 Å². The molecular weight excluding hydrogens is 402 g/mol. The summed E-state index contributed by atoms with van der Waals surface area (Å²) in [6.07, 6.45) is 5.26. The molecule has 0 saturated heterocycles. The molecule has 9 heteroatoms. The number of hydrogen-bond donors (Lipinski definition) is 0. The van der Waals surface area contributed by atoms with Gasteiger partial charge in [0.15, 0.2) is 10.8 Å². The number of fused-ring (bicyclic) bond motifs is 1. The Morgan fingerprint density at radius 2 is 1.97 bits per heavy atom. The van der Waals surface area contributed by atoms with Gasteiger partial charge in [-0.15, -0.1) is 0 Å². The fourth-order valence-electron chi connectivity index (χ4n) is 3.24. The first-order chi connectivity index (χ1) is 14.5. The molecule has 30 heavy (non-hydrogen) atoms. The normalized spacial score (nSPS) is 10.9. The molecular formula is C21H21N5O3S. The van der Waals surface area contributed by atoms with Crippen molar-refractivity contribution in [3.63, 3.8) is 0 Å². The number of thiazole rings is 1. The second-order valence-corrected chi connectivity index (χ2v) is 7.71. The van der Waals surface area contributed by atoms with Gasteiger partial charge in [0.25, 0.3) is 5.91 Å². The molecule has 0 aliphatic carbocycles. The number of carbonyl (C=O) groups is 1.